The Balaban J connectivity index is 1.26. The Morgan fingerprint density at radius 3 is 2.58 bits per heavy atom. The number of likely N-dealkylation sites (tertiary alicyclic amines) is 1. The number of carbonyl (C=O) groups excluding carboxylic acids is 1. The number of nitrogens with one attached hydrogen (secondary N) is 1. The zero-order chi connectivity index (χ0) is 24.5. The highest BCUT2D eigenvalue weighted by molar-refractivity contribution is 5.95. The van der Waals surface area contributed by atoms with Crippen LogP contribution in [-0.2, 0) is 6.61 Å². The van der Waals surface area contributed by atoms with Gasteiger partial charge in [-0.25, -0.2) is 0 Å². The van der Waals surface area contributed by atoms with Crippen molar-refractivity contribution in [2.24, 2.45) is 11.8 Å². The number of anilines is 1. The van der Waals surface area contributed by atoms with Crippen molar-refractivity contribution in [3.8, 4) is 5.75 Å². The molecule has 36 heavy (non-hydrogen) atoms. The Hall–Kier alpha value is -3.53. The number of ether oxygens (including phenoxy) is 1. The number of para-hydroxylation sites is 1. The average Bonchev–Trinajstić information content (AvgIpc) is 3.43. The number of benzene rings is 3. The molecule has 0 radical (unpaired) electrons. The van der Waals surface area contributed by atoms with Crippen molar-refractivity contribution in [1.82, 2.24) is 4.90 Å². The SMILES string of the molecule is CC1CCN(C(=O)c2ccc3c(c2)C2C=CCC2C(c2ccccc2OCc2ccccc2)N3)CC1. The van der Waals surface area contributed by atoms with Gasteiger partial charge < -0.3 is 15.0 Å². The molecule has 3 aromatic rings. The van der Waals surface area contributed by atoms with E-state index in [2.05, 4.69) is 66.9 Å². The third kappa shape index (κ3) is 4.41. The molecule has 1 amide bonds. The highest BCUT2D eigenvalue weighted by atomic mass is 16.5. The average molecular weight is 479 g/mol. The van der Waals surface area contributed by atoms with Crippen LogP contribution in [0.2, 0.25) is 0 Å². The first-order valence-electron chi connectivity index (χ1n) is 13.3. The van der Waals surface area contributed by atoms with Crippen molar-refractivity contribution in [2.45, 2.75) is 44.8 Å². The van der Waals surface area contributed by atoms with Crippen LogP contribution in [0.15, 0.2) is 84.9 Å². The van der Waals surface area contributed by atoms with Crippen LogP contribution in [0.25, 0.3) is 0 Å². The Labute approximate surface area is 214 Å². The Kier molecular flexibility index (Phi) is 6.27. The molecule has 0 saturated carbocycles. The fourth-order valence-corrected chi connectivity index (χ4v) is 6.03. The van der Waals surface area contributed by atoms with E-state index in [-0.39, 0.29) is 11.9 Å². The number of rotatable bonds is 5. The van der Waals surface area contributed by atoms with Gasteiger partial charge in [-0.15, -0.1) is 0 Å². The molecule has 2 aliphatic heterocycles. The van der Waals surface area contributed by atoms with E-state index in [9.17, 15) is 4.79 Å². The molecular formula is C32H34N2O2. The minimum absolute atomic E-state index is 0.148. The van der Waals surface area contributed by atoms with Crippen LogP contribution in [0.4, 0.5) is 5.69 Å². The summed E-state index contributed by atoms with van der Waals surface area (Å²) in [5.41, 5.74) is 5.53. The molecule has 0 spiro atoms. The van der Waals surface area contributed by atoms with Crippen LogP contribution in [0.1, 0.15) is 65.2 Å². The number of hydrogen-bond acceptors (Lipinski definition) is 3. The van der Waals surface area contributed by atoms with Gasteiger partial charge in [-0.2, -0.15) is 0 Å². The lowest BCUT2D eigenvalue weighted by Gasteiger charge is -2.38. The fraction of sp³-hybridized carbons (Fsp3) is 0.344. The zero-order valence-corrected chi connectivity index (χ0v) is 20.9. The minimum atomic E-state index is 0.148. The topological polar surface area (TPSA) is 41.6 Å². The summed E-state index contributed by atoms with van der Waals surface area (Å²) in [5.74, 6) is 2.49. The van der Waals surface area contributed by atoms with Crippen LogP contribution in [0.5, 0.6) is 5.75 Å². The van der Waals surface area contributed by atoms with E-state index in [1.54, 1.807) is 0 Å². The molecule has 3 aliphatic rings. The van der Waals surface area contributed by atoms with Crippen molar-refractivity contribution >= 4 is 11.6 Å². The summed E-state index contributed by atoms with van der Waals surface area (Å²) in [6, 6.07) is 25.1. The number of piperidine rings is 1. The summed E-state index contributed by atoms with van der Waals surface area (Å²) in [6.07, 6.45) is 7.84. The molecule has 0 bridgehead atoms. The first-order chi connectivity index (χ1) is 17.7. The van der Waals surface area contributed by atoms with E-state index in [0.29, 0.717) is 24.4 Å². The second-order valence-electron chi connectivity index (χ2n) is 10.6. The van der Waals surface area contributed by atoms with Gasteiger partial charge in [-0.1, -0.05) is 67.6 Å². The minimum Gasteiger partial charge on any atom is -0.489 e. The number of amides is 1. The number of nitrogens with zero attached hydrogens (tertiary/aromatic N) is 1. The molecule has 3 atom stereocenters. The summed E-state index contributed by atoms with van der Waals surface area (Å²) in [5, 5.41) is 3.83. The van der Waals surface area contributed by atoms with Gasteiger partial charge in [0.05, 0.1) is 6.04 Å². The van der Waals surface area contributed by atoms with Gasteiger partial charge in [0.2, 0.25) is 0 Å². The van der Waals surface area contributed by atoms with E-state index in [1.807, 2.05) is 35.2 Å². The summed E-state index contributed by atoms with van der Waals surface area (Å²) in [7, 11) is 0. The lowest BCUT2D eigenvalue weighted by Crippen LogP contribution is -2.38. The molecule has 4 heteroatoms. The highest BCUT2D eigenvalue weighted by Gasteiger charge is 2.39. The molecule has 1 aliphatic carbocycles. The molecule has 2 heterocycles. The maximum absolute atomic E-state index is 13.3. The van der Waals surface area contributed by atoms with Crippen molar-refractivity contribution in [2.75, 3.05) is 18.4 Å². The van der Waals surface area contributed by atoms with E-state index in [0.717, 1.165) is 54.9 Å². The van der Waals surface area contributed by atoms with Crippen LogP contribution in [0.3, 0.4) is 0 Å². The smallest absolute Gasteiger partial charge is 0.253 e. The van der Waals surface area contributed by atoms with Gasteiger partial charge in [-0.3, -0.25) is 4.79 Å². The third-order valence-electron chi connectivity index (χ3n) is 8.17. The molecule has 4 nitrogen and oxygen atoms in total. The predicted molar refractivity (Wildman–Crippen MR) is 144 cm³/mol. The maximum atomic E-state index is 13.3. The lowest BCUT2D eigenvalue weighted by molar-refractivity contribution is 0.0697. The molecule has 1 saturated heterocycles. The summed E-state index contributed by atoms with van der Waals surface area (Å²) >= 11 is 0. The quantitative estimate of drug-likeness (QED) is 0.403. The molecular weight excluding hydrogens is 444 g/mol. The third-order valence-corrected chi connectivity index (χ3v) is 8.17. The lowest BCUT2D eigenvalue weighted by atomic mass is 9.76. The largest absolute Gasteiger partial charge is 0.489 e. The number of fused-ring (bicyclic) bond motifs is 3. The van der Waals surface area contributed by atoms with Crippen LogP contribution in [0, 0.1) is 11.8 Å². The van der Waals surface area contributed by atoms with Crippen LogP contribution >= 0.6 is 0 Å². The van der Waals surface area contributed by atoms with Gasteiger partial charge in [0, 0.05) is 35.8 Å². The summed E-state index contributed by atoms with van der Waals surface area (Å²) in [6.45, 7) is 4.56. The number of allylic oxidation sites excluding steroid dienone is 2. The monoisotopic (exact) mass is 478 g/mol. The van der Waals surface area contributed by atoms with Gasteiger partial charge in [0.25, 0.3) is 5.91 Å². The van der Waals surface area contributed by atoms with Crippen molar-refractivity contribution in [1.29, 1.82) is 0 Å². The highest BCUT2D eigenvalue weighted by Crippen LogP contribution is 2.51. The first-order valence-corrected chi connectivity index (χ1v) is 13.3. The Bertz CT molecular complexity index is 1260. The summed E-state index contributed by atoms with van der Waals surface area (Å²) in [4.78, 5) is 15.3. The number of carbonyl (C=O) groups is 1. The fourth-order valence-electron chi connectivity index (χ4n) is 6.03. The van der Waals surface area contributed by atoms with Gasteiger partial charge in [0.1, 0.15) is 12.4 Å². The first kappa shape index (κ1) is 22.9. The van der Waals surface area contributed by atoms with Crippen molar-refractivity contribution in [3.05, 3.63) is 107 Å². The predicted octanol–water partition coefficient (Wildman–Crippen LogP) is 6.96. The molecule has 3 aromatic carbocycles. The zero-order valence-electron chi connectivity index (χ0n) is 20.9. The molecule has 3 unspecified atom stereocenters. The van der Waals surface area contributed by atoms with E-state index >= 15 is 0 Å². The molecule has 184 valence electrons. The van der Waals surface area contributed by atoms with Gasteiger partial charge >= 0.3 is 0 Å². The summed E-state index contributed by atoms with van der Waals surface area (Å²) < 4.78 is 6.33. The van der Waals surface area contributed by atoms with E-state index < -0.39 is 0 Å². The van der Waals surface area contributed by atoms with E-state index in [4.69, 9.17) is 4.74 Å². The van der Waals surface area contributed by atoms with Crippen molar-refractivity contribution in [3.63, 3.8) is 0 Å². The molecule has 1 N–H and O–H groups in total. The standard InChI is InChI=1S/C32H34N2O2/c1-22-16-18-34(19-17-22)32(35)24-14-15-29-28(20-24)25-11-7-12-26(25)31(33-29)27-10-5-6-13-30(27)36-21-23-8-3-2-4-9-23/h2-11,13-15,20,22,25-26,31,33H,12,16-19,21H2,1H3. The normalized spacial score (nSPS) is 23.0. The second kappa shape index (κ2) is 9.85. The Morgan fingerprint density at radius 2 is 1.75 bits per heavy atom. The number of hydrogen-bond donors (Lipinski definition) is 1. The van der Waals surface area contributed by atoms with Gasteiger partial charge in [0.15, 0.2) is 0 Å². The maximum Gasteiger partial charge on any atom is 0.253 e. The second-order valence-corrected chi connectivity index (χ2v) is 10.6. The van der Waals surface area contributed by atoms with Gasteiger partial charge in [-0.05, 0) is 66.5 Å². The Morgan fingerprint density at radius 1 is 0.972 bits per heavy atom. The van der Waals surface area contributed by atoms with Crippen LogP contribution in [-0.4, -0.2) is 23.9 Å². The van der Waals surface area contributed by atoms with Crippen LogP contribution < -0.4 is 10.1 Å². The molecule has 0 aromatic heterocycles. The van der Waals surface area contributed by atoms with Crippen molar-refractivity contribution < 1.29 is 9.53 Å². The molecule has 1 fully saturated rings. The molecule has 6 rings (SSSR count). The van der Waals surface area contributed by atoms with E-state index in [1.165, 1.54) is 11.1 Å².